The molecule has 52 heavy (non-hydrogen) atoms. The van der Waals surface area contributed by atoms with Gasteiger partial charge in [-0.3, -0.25) is 14.8 Å². The van der Waals surface area contributed by atoms with Crippen molar-refractivity contribution in [2.45, 2.75) is 99.1 Å². The van der Waals surface area contributed by atoms with Gasteiger partial charge in [0.2, 0.25) is 0 Å². The maximum absolute atomic E-state index is 13.8. The van der Waals surface area contributed by atoms with Gasteiger partial charge in [0.15, 0.2) is 15.9 Å². The number of fused-ring (bicyclic) bond motifs is 1. The van der Waals surface area contributed by atoms with Crippen LogP contribution >= 0.6 is 0 Å². The maximum Gasteiger partial charge on any atom is 0.337 e. The third-order valence-corrected chi connectivity index (χ3v) is 12.6. The second-order valence-corrected chi connectivity index (χ2v) is 19.1. The van der Waals surface area contributed by atoms with Gasteiger partial charge in [0.25, 0.3) is 0 Å². The fourth-order valence-corrected chi connectivity index (χ4v) is 9.12. The van der Waals surface area contributed by atoms with E-state index < -0.39 is 27.5 Å². The van der Waals surface area contributed by atoms with Crippen LogP contribution in [0, 0.1) is 25.1 Å². The van der Waals surface area contributed by atoms with Crippen LogP contribution in [0.15, 0.2) is 36.4 Å². The third-order valence-electron chi connectivity index (χ3n) is 11.0. The largest absolute Gasteiger partial charge is 0.479 e. The number of carboxylic acid groups (broad SMARTS) is 1. The van der Waals surface area contributed by atoms with E-state index in [2.05, 4.69) is 46.7 Å². The van der Waals surface area contributed by atoms with E-state index in [0.29, 0.717) is 30.9 Å². The molecule has 0 spiro atoms. The number of ether oxygens (including phenoxy) is 1. The summed E-state index contributed by atoms with van der Waals surface area (Å²) in [6.45, 7) is 19.2. The molecule has 1 aromatic heterocycles. The molecule has 0 amide bonds. The third kappa shape index (κ3) is 8.86. The fraction of sp³-hybridized carbons (Fsp3) is 0.561. The molecule has 1 N–H and O–H groups in total. The van der Waals surface area contributed by atoms with E-state index in [1.54, 1.807) is 6.07 Å². The Morgan fingerprint density at radius 1 is 0.962 bits per heavy atom. The van der Waals surface area contributed by atoms with Gasteiger partial charge >= 0.3 is 5.97 Å². The number of rotatable bonds is 9. The first-order valence-corrected chi connectivity index (χ1v) is 20.4. The number of halogens is 1. The molecule has 6 rings (SSSR count). The number of carbonyl (C=O) groups is 1. The number of aromatic nitrogens is 1. The number of aryl methyl sites for hydroxylation is 2. The van der Waals surface area contributed by atoms with Crippen molar-refractivity contribution < 1.29 is 27.4 Å². The lowest BCUT2D eigenvalue weighted by Gasteiger charge is -2.41. The molecular formula is C41H55FN4O5S. The quantitative estimate of drug-likeness (QED) is 0.253. The van der Waals surface area contributed by atoms with Gasteiger partial charge in [0.1, 0.15) is 5.82 Å². The van der Waals surface area contributed by atoms with Crippen molar-refractivity contribution in [1.29, 1.82) is 0 Å². The Balaban J connectivity index is 1.47. The average Bonchev–Trinajstić information content (AvgIpc) is 3.05. The lowest BCUT2D eigenvalue weighted by Crippen LogP contribution is -2.41. The summed E-state index contributed by atoms with van der Waals surface area (Å²) in [7, 11) is -3.07. The number of sulfone groups is 1. The van der Waals surface area contributed by atoms with Crippen molar-refractivity contribution in [1.82, 2.24) is 14.8 Å². The Labute approximate surface area is 309 Å². The molecule has 4 heterocycles. The molecule has 2 fully saturated rings. The topological polar surface area (TPSA) is 103 Å². The van der Waals surface area contributed by atoms with Crippen molar-refractivity contribution in [2.24, 2.45) is 5.41 Å². The zero-order valence-corrected chi connectivity index (χ0v) is 32.7. The van der Waals surface area contributed by atoms with E-state index in [-0.39, 0.29) is 22.7 Å². The number of benzene rings is 2. The van der Waals surface area contributed by atoms with Gasteiger partial charge < -0.3 is 14.7 Å². The highest BCUT2D eigenvalue weighted by atomic mass is 32.2. The molecule has 2 saturated heterocycles. The number of aliphatic carboxylic acids is 1. The van der Waals surface area contributed by atoms with Gasteiger partial charge in [-0.1, -0.05) is 38.1 Å². The SMILES string of the molecule is Cc1cc(F)ccc1CN1CCc2cc(-c3c(CN4CCS(=O)(=O)CC4)nc(C)c([C@H](OC(C)(C)C)C(=O)O)c3N3CCC(C)(C)CC3)ccc2C1. The predicted octanol–water partition coefficient (Wildman–Crippen LogP) is 6.86. The number of carboxylic acids is 1. The van der Waals surface area contributed by atoms with Crippen LogP contribution in [0.4, 0.5) is 10.1 Å². The number of piperidine rings is 1. The molecule has 2 aromatic carbocycles. The van der Waals surface area contributed by atoms with Crippen LogP contribution in [0.3, 0.4) is 0 Å². The summed E-state index contributed by atoms with van der Waals surface area (Å²) in [4.78, 5) is 25.2. The monoisotopic (exact) mass is 734 g/mol. The minimum atomic E-state index is -3.07. The Hall–Kier alpha value is -3.38. The average molecular weight is 735 g/mol. The molecule has 3 aromatic rings. The van der Waals surface area contributed by atoms with Gasteiger partial charge in [-0.2, -0.15) is 0 Å². The number of hydrogen-bond acceptors (Lipinski definition) is 8. The Morgan fingerprint density at radius 2 is 1.65 bits per heavy atom. The molecule has 0 radical (unpaired) electrons. The lowest BCUT2D eigenvalue weighted by atomic mass is 9.81. The van der Waals surface area contributed by atoms with E-state index in [1.807, 2.05) is 40.7 Å². The van der Waals surface area contributed by atoms with Crippen molar-refractivity contribution >= 4 is 21.5 Å². The van der Waals surface area contributed by atoms with Crippen LogP contribution < -0.4 is 4.90 Å². The minimum Gasteiger partial charge on any atom is -0.479 e. The summed E-state index contributed by atoms with van der Waals surface area (Å²) in [6, 6.07) is 11.6. The summed E-state index contributed by atoms with van der Waals surface area (Å²) in [5, 5.41) is 10.7. The van der Waals surface area contributed by atoms with Gasteiger partial charge in [0, 0.05) is 69.2 Å². The highest BCUT2D eigenvalue weighted by Gasteiger charge is 2.37. The van der Waals surface area contributed by atoms with Gasteiger partial charge in [-0.05, 0) is 99.2 Å². The van der Waals surface area contributed by atoms with Crippen LogP contribution in [-0.2, 0) is 45.4 Å². The van der Waals surface area contributed by atoms with E-state index in [4.69, 9.17) is 9.72 Å². The number of nitrogens with zero attached hydrogens (tertiary/aromatic N) is 4. The van der Waals surface area contributed by atoms with Gasteiger partial charge in [0.05, 0.1) is 28.5 Å². The normalized spacial score (nSPS) is 20.0. The predicted molar refractivity (Wildman–Crippen MR) is 204 cm³/mol. The van der Waals surface area contributed by atoms with E-state index in [0.717, 1.165) is 85.6 Å². The highest BCUT2D eigenvalue weighted by Crippen LogP contribution is 2.46. The van der Waals surface area contributed by atoms with Crippen LogP contribution in [0.2, 0.25) is 0 Å². The smallest absolute Gasteiger partial charge is 0.337 e. The highest BCUT2D eigenvalue weighted by molar-refractivity contribution is 7.91. The second-order valence-electron chi connectivity index (χ2n) is 16.8. The summed E-state index contributed by atoms with van der Waals surface area (Å²) in [5.74, 6) is -1.05. The van der Waals surface area contributed by atoms with E-state index >= 15 is 0 Å². The first-order chi connectivity index (χ1) is 24.4. The Bertz CT molecular complexity index is 1920. The lowest BCUT2D eigenvalue weighted by molar-refractivity contribution is -0.160. The maximum atomic E-state index is 13.8. The first kappa shape index (κ1) is 38.3. The molecule has 9 nitrogen and oxygen atoms in total. The van der Waals surface area contributed by atoms with Crippen LogP contribution in [0.1, 0.15) is 92.8 Å². The van der Waals surface area contributed by atoms with E-state index in [1.165, 1.54) is 17.2 Å². The molecule has 3 aliphatic heterocycles. The Kier molecular flexibility index (Phi) is 10.9. The number of pyridine rings is 1. The molecule has 0 saturated carbocycles. The van der Waals surface area contributed by atoms with Crippen LogP contribution in [0.5, 0.6) is 0 Å². The fourth-order valence-electron chi connectivity index (χ4n) is 7.84. The summed E-state index contributed by atoms with van der Waals surface area (Å²) in [6.07, 6.45) is 1.52. The number of hydrogen-bond donors (Lipinski definition) is 1. The number of anilines is 1. The zero-order valence-electron chi connectivity index (χ0n) is 31.9. The Morgan fingerprint density at radius 3 is 2.29 bits per heavy atom. The molecule has 3 aliphatic rings. The molecule has 11 heteroatoms. The zero-order chi connectivity index (χ0) is 37.6. The molecule has 1 atom stereocenters. The summed E-state index contributed by atoms with van der Waals surface area (Å²) < 4.78 is 44.8. The molecule has 0 unspecified atom stereocenters. The van der Waals surface area contributed by atoms with Crippen molar-refractivity contribution in [3.63, 3.8) is 0 Å². The van der Waals surface area contributed by atoms with Crippen LogP contribution in [-0.4, -0.2) is 84.1 Å². The standard InChI is InChI=1S/C41H55FN4O5S/c1-27-22-33(42)11-10-31(27)24-45-15-12-29-23-30(8-9-32(29)25-45)36-34(26-44-18-20-52(49,50)21-19-44)43-28(2)35(38(39(47)48)51-40(3,4)5)37(36)46-16-13-41(6,7)14-17-46/h8-11,22-23,38H,12-21,24-26H2,1-7H3,(H,47,48)/t38-/m0/s1. The van der Waals surface area contributed by atoms with Crippen molar-refractivity contribution in [2.75, 3.05) is 49.1 Å². The molecular weight excluding hydrogens is 680 g/mol. The molecule has 0 bridgehead atoms. The van der Waals surface area contributed by atoms with E-state index in [9.17, 15) is 22.7 Å². The summed E-state index contributed by atoms with van der Waals surface area (Å²) in [5.41, 5.74) is 8.77. The minimum absolute atomic E-state index is 0.112. The van der Waals surface area contributed by atoms with Crippen molar-refractivity contribution in [3.8, 4) is 11.1 Å². The van der Waals surface area contributed by atoms with Gasteiger partial charge in [-0.25, -0.2) is 17.6 Å². The summed E-state index contributed by atoms with van der Waals surface area (Å²) >= 11 is 0. The van der Waals surface area contributed by atoms with Crippen LogP contribution in [0.25, 0.3) is 11.1 Å². The molecule has 282 valence electrons. The second kappa shape index (κ2) is 14.8. The van der Waals surface area contributed by atoms with Gasteiger partial charge in [-0.15, -0.1) is 0 Å². The first-order valence-electron chi connectivity index (χ1n) is 18.6. The molecule has 0 aliphatic carbocycles. The van der Waals surface area contributed by atoms with Crippen molar-refractivity contribution in [3.05, 3.63) is 81.4 Å².